The van der Waals surface area contributed by atoms with Crippen molar-refractivity contribution in [3.8, 4) is 67.5 Å². The molecule has 1 aliphatic heterocycles. The molecule has 9 aromatic carbocycles. The first-order chi connectivity index (χ1) is 27.2. The Bertz CT molecular complexity index is 2720. The molecule has 10 rings (SSSR count). The first kappa shape index (κ1) is 32.3. The van der Waals surface area contributed by atoms with Gasteiger partial charge in [-0.05, 0) is 117 Å². The molecule has 3 heteroatoms. The standard InChI is InChI=1S/C52H35NO2/c1-4-13-36(14-5-1)39-25-29-45(30-26-39)53(47-21-12-24-50-52(47)55-49-23-11-20-41-19-10-22-48(54-50)51(41)49)46-31-27-40(28-32-46)44-34-42(37-15-6-2-7-16-37)33-43(35-44)38-17-8-3-9-18-38/h1-35H. The highest BCUT2D eigenvalue weighted by Gasteiger charge is 2.25. The minimum Gasteiger partial charge on any atom is -0.453 e. The summed E-state index contributed by atoms with van der Waals surface area (Å²) in [6.07, 6.45) is 0. The van der Waals surface area contributed by atoms with E-state index in [1.165, 1.54) is 27.8 Å². The fraction of sp³-hybridized carbons (Fsp3) is 0. The summed E-state index contributed by atoms with van der Waals surface area (Å²) in [5.41, 5.74) is 12.2. The van der Waals surface area contributed by atoms with Crippen LogP contribution in [-0.4, -0.2) is 0 Å². The summed E-state index contributed by atoms with van der Waals surface area (Å²) in [6.45, 7) is 0. The Balaban J connectivity index is 1.10. The number of fused-ring (bicyclic) bond motifs is 1. The fourth-order valence-corrected chi connectivity index (χ4v) is 7.59. The zero-order valence-corrected chi connectivity index (χ0v) is 30.0. The summed E-state index contributed by atoms with van der Waals surface area (Å²) in [7, 11) is 0. The smallest absolute Gasteiger partial charge is 0.193 e. The van der Waals surface area contributed by atoms with Gasteiger partial charge in [-0.15, -0.1) is 0 Å². The number of ether oxygens (including phenoxy) is 2. The lowest BCUT2D eigenvalue weighted by atomic mass is 9.93. The van der Waals surface area contributed by atoms with Crippen LogP contribution in [0.3, 0.4) is 0 Å². The molecule has 0 radical (unpaired) electrons. The molecule has 0 amide bonds. The van der Waals surface area contributed by atoms with Gasteiger partial charge in [0.15, 0.2) is 11.5 Å². The van der Waals surface area contributed by atoms with Gasteiger partial charge in [-0.25, -0.2) is 0 Å². The molecule has 0 aliphatic carbocycles. The predicted molar refractivity (Wildman–Crippen MR) is 227 cm³/mol. The van der Waals surface area contributed by atoms with Crippen molar-refractivity contribution in [2.24, 2.45) is 0 Å². The van der Waals surface area contributed by atoms with E-state index < -0.39 is 0 Å². The van der Waals surface area contributed by atoms with Gasteiger partial charge in [-0.2, -0.15) is 0 Å². The van der Waals surface area contributed by atoms with Crippen LogP contribution >= 0.6 is 0 Å². The maximum absolute atomic E-state index is 6.86. The van der Waals surface area contributed by atoms with E-state index >= 15 is 0 Å². The zero-order valence-electron chi connectivity index (χ0n) is 30.0. The number of rotatable bonds is 7. The largest absolute Gasteiger partial charge is 0.453 e. The van der Waals surface area contributed by atoms with Gasteiger partial charge in [0, 0.05) is 11.4 Å². The van der Waals surface area contributed by atoms with Crippen molar-refractivity contribution in [3.63, 3.8) is 0 Å². The van der Waals surface area contributed by atoms with Crippen LogP contribution in [0.2, 0.25) is 0 Å². The van der Waals surface area contributed by atoms with Crippen LogP contribution < -0.4 is 14.4 Å². The normalized spacial score (nSPS) is 11.6. The third-order valence-corrected chi connectivity index (χ3v) is 10.3. The highest BCUT2D eigenvalue weighted by Crippen LogP contribution is 2.52. The summed E-state index contributed by atoms with van der Waals surface area (Å²) < 4.78 is 13.5. The van der Waals surface area contributed by atoms with Crippen molar-refractivity contribution in [1.29, 1.82) is 0 Å². The topological polar surface area (TPSA) is 21.7 Å². The van der Waals surface area contributed by atoms with Gasteiger partial charge in [-0.1, -0.05) is 146 Å². The van der Waals surface area contributed by atoms with Gasteiger partial charge >= 0.3 is 0 Å². The lowest BCUT2D eigenvalue weighted by Gasteiger charge is -2.28. The molecule has 0 saturated heterocycles. The molecule has 0 bridgehead atoms. The van der Waals surface area contributed by atoms with Crippen LogP contribution in [0.5, 0.6) is 23.0 Å². The van der Waals surface area contributed by atoms with Crippen LogP contribution in [0.1, 0.15) is 0 Å². The van der Waals surface area contributed by atoms with Gasteiger partial charge in [-0.3, -0.25) is 0 Å². The average Bonchev–Trinajstić information content (AvgIpc) is 3.43. The highest BCUT2D eigenvalue weighted by atomic mass is 16.5. The van der Waals surface area contributed by atoms with E-state index in [1.54, 1.807) is 0 Å². The molecule has 1 aliphatic rings. The molecule has 0 unspecified atom stereocenters. The Kier molecular flexibility index (Phi) is 8.16. The second-order valence-corrected chi connectivity index (χ2v) is 13.7. The fourth-order valence-electron chi connectivity index (χ4n) is 7.59. The molecule has 0 spiro atoms. The molecule has 0 aromatic heterocycles. The van der Waals surface area contributed by atoms with E-state index in [4.69, 9.17) is 9.47 Å². The van der Waals surface area contributed by atoms with E-state index in [0.717, 1.165) is 56.0 Å². The van der Waals surface area contributed by atoms with Crippen LogP contribution in [0, 0.1) is 0 Å². The first-order valence-electron chi connectivity index (χ1n) is 18.6. The summed E-state index contributed by atoms with van der Waals surface area (Å²) in [5, 5.41) is 2.03. The van der Waals surface area contributed by atoms with Crippen LogP contribution in [0.4, 0.5) is 17.1 Å². The Morgan fingerprint density at radius 1 is 0.291 bits per heavy atom. The second-order valence-electron chi connectivity index (χ2n) is 13.7. The average molecular weight is 706 g/mol. The molecule has 9 aromatic rings. The number of para-hydroxylation sites is 1. The van der Waals surface area contributed by atoms with Crippen LogP contribution in [0.25, 0.3) is 55.3 Å². The lowest BCUT2D eigenvalue weighted by Crippen LogP contribution is -2.11. The van der Waals surface area contributed by atoms with Crippen molar-refractivity contribution >= 4 is 27.8 Å². The van der Waals surface area contributed by atoms with Crippen LogP contribution in [0.15, 0.2) is 212 Å². The summed E-state index contributed by atoms with van der Waals surface area (Å²) >= 11 is 0. The van der Waals surface area contributed by atoms with Crippen molar-refractivity contribution in [3.05, 3.63) is 212 Å². The Labute approximate surface area is 320 Å². The van der Waals surface area contributed by atoms with E-state index in [9.17, 15) is 0 Å². The molecule has 0 N–H and O–H groups in total. The highest BCUT2D eigenvalue weighted by molar-refractivity contribution is 5.96. The van der Waals surface area contributed by atoms with E-state index in [-0.39, 0.29) is 0 Å². The van der Waals surface area contributed by atoms with Gasteiger partial charge in [0.05, 0.1) is 11.1 Å². The Morgan fingerprint density at radius 3 is 1.20 bits per heavy atom. The quantitative estimate of drug-likeness (QED) is 0.165. The number of anilines is 3. The lowest BCUT2D eigenvalue weighted by molar-refractivity contribution is 0.440. The van der Waals surface area contributed by atoms with E-state index in [0.29, 0.717) is 11.5 Å². The number of hydrogen-bond donors (Lipinski definition) is 0. The van der Waals surface area contributed by atoms with Crippen molar-refractivity contribution in [2.45, 2.75) is 0 Å². The predicted octanol–water partition coefficient (Wildman–Crippen LogP) is 14.9. The first-order valence-corrected chi connectivity index (χ1v) is 18.6. The molecular formula is C52H35NO2. The molecular weight excluding hydrogens is 671 g/mol. The third-order valence-electron chi connectivity index (χ3n) is 10.3. The van der Waals surface area contributed by atoms with Gasteiger partial charge in [0.1, 0.15) is 11.5 Å². The maximum Gasteiger partial charge on any atom is 0.193 e. The van der Waals surface area contributed by atoms with Crippen molar-refractivity contribution in [2.75, 3.05) is 4.90 Å². The second kappa shape index (κ2) is 13.9. The van der Waals surface area contributed by atoms with Gasteiger partial charge < -0.3 is 14.4 Å². The van der Waals surface area contributed by atoms with E-state index in [1.807, 2.05) is 42.5 Å². The minimum atomic E-state index is 0.658. The SMILES string of the molecule is c1ccc(-c2ccc(N(c3ccc(-c4cc(-c5ccccc5)cc(-c5ccccc5)c4)cc3)c3cccc4c3Oc3cccc5cccc(c35)O4)cc2)cc1. The van der Waals surface area contributed by atoms with Crippen molar-refractivity contribution < 1.29 is 9.47 Å². The molecule has 0 saturated carbocycles. The molecule has 260 valence electrons. The third kappa shape index (κ3) is 6.18. The zero-order chi connectivity index (χ0) is 36.6. The summed E-state index contributed by atoms with van der Waals surface area (Å²) in [6, 6.07) is 74.5. The summed E-state index contributed by atoms with van der Waals surface area (Å²) in [5.74, 6) is 2.86. The Morgan fingerprint density at radius 2 is 0.691 bits per heavy atom. The van der Waals surface area contributed by atoms with Crippen molar-refractivity contribution in [1.82, 2.24) is 0 Å². The molecule has 3 nitrogen and oxygen atoms in total. The van der Waals surface area contributed by atoms with E-state index in [2.05, 4.69) is 175 Å². The number of benzene rings is 9. The maximum atomic E-state index is 6.86. The molecule has 0 atom stereocenters. The minimum absolute atomic E-state index is 0.658. The van der Waals surface area contributed by atoms with Gasteiger partial charge in [0.2, 0.25) is 0 Å². The number of hydrogen-bond acceptors (Lipinski definition) is 3. The Hall–Kier alpha value is -7.36. The van der Waals surface area contributed by atoms with Gasteiger partial charge in [0.25, 0.3) is 0 Å². The summed E-state index contributed by atoms with van der Waals surface area (Å²) in [4.78, 5) is 2.26. The molecule has 0 fully saturated rings. The van der Waals surface area contributed by atoms with Crippen LogP contribution in [-0.2, 0) is 0 Å². The number of nitrogens with zero attached hydrogens (tertiary/aromatic N) is 1. The molecule has 1 heterocycles. The molecule has 55 heavy (non-hydrogen) atoms. The monoisotopic (exact) mass is 705 g/mol.